The lowest BCUT2D eigenvalue weighted by atomic mass is 10.2. The van der Waals surface area contributed by atoms with Crippen molar-refractivity contribution in [1.82, 2.24) is 4.31 Å². The topological polar surface area (TPSA) is 46.6 Å². The lowest BCUT2D eigenvalue weighted by Gasteiger charge is -2.24. The summed E-state index contributed by atoms with van der Waals surface area (Å²) in [6.07, 6.45) is 0.727. The number of nitrogens with zero attached hydrogens (tertiary/aromatic N) is 1. The molecule has 0 aliphatic carbocycles. The van der Waals surface area contributed by atoms with Crippen LogP contribution >= 0.6 is 0 Å². The summed E-state index contributed by atoms with van der Waals surface area (Å²) in [6, 6.07) is 8.80. The maximum Gasteiger partial charge on any atom is 0.267 e. The van der Waals surface area contributed by atoms with Gasteiger partial charge in [0.25, 0.3) is 17.2 Å². The van der Waals surface area contributed by atoms with Crippen LogP contribution in [0.3, 0.4) is 0 Å². The minimum absolute atomic E-state index is 0.242. The summed E-state index contributed by atoms with van der Waals surface area (Å²) in [5, 5.41) is 0. The van der Waals surface area contributed by atoms with Gasteiger partial charge in [0.1, 0.15) is 0 Å². The molecule has 0 bridgehead atoms. The first-order valence-corrected chi connectivity index (χ1v) is 5.74. The van der Waals surface area contributed by atoms with Crippen LogP contribution in [0.1, 0.15) is 16.8 Å². The van der Waals surface area contributed by atoms with E-state index in [0.717, 1.165) is 6.42 Å². The average Bonchev–Trinajstić information content (AvgIpc) is 2.30. The van der Waals surface area contributed by atoms with E-state index in [0.29, 0.717) is 18.7 Å². The molecule has 0 saturated carbocycles. The molecule has 15 heavy (non-hydrogen) atoms. The van der Waals surface area contributed by atoms with Crippen molar-refractivity contribution in [3.63, 3.8) is 0 Å². The predicted octanol–water partition coefficient (Wildman–Crippen LogP) is 1.13. The maximum atomic E-state index is 11.9. The number of hydrogen-bond donors (Lipinski definition) is 0. The van der Waals surface area contributed by atoms with Crippen molar-refractivity contribution in [3.05, 3.63) is 35.9 Å². The fraction of sp³-hybridized carbons (Fsp3) is 0.300. The molecule has 5 heteroatoms. The van der Waals surface area contributed by atoms with Crippen LogP contribution in [-0.4, -0.2) is 27.6 Å². The van der Waals surface area contributed by atoms with Gasteiger partial charge in [-0.1, -0.05) is 18.2 Å². The van der Waals surface area contributed by atoms with Crippen molar-refractivity contribution in [1.29, 1.82) is 0 Å². The Bertz CT molecular complexity index is 380. The van der Waals surface area contributed by atoms with E-state index in [2.05, 4.69) is 0 Å². The summed E-state index contributed by atoms with van der Waals surface area (Å²) in [4.78, 5) is 11.9. The zero-order valence-corrected chi connectivity index (χ0v) is 8.90. The average molecular weight is 225 g/mol. The second-order valence-electron chi connectivity index (χ2n) is 3.17. The molecule has 0 aromatic heterocycles. The van der Waals surface area contributed by atoms with Crippen LogP contribution < -0.4 is 0 Å². The fourth-order valence-electron chi connectivity index (χ4n) is 1.37. The summed E-state index contributed by atoms with van der Waals surface area (Å²) in [5.41, 5.74) is 0.538. The molecule has 1 atom stereocenters. The Balaban J connectivity index is 2.17. The molecule has 1 fully saturated rings. The van der Waals surface area contributed by atoms with Gasteiger partial charge in [0, 0.05) is 12.1 Å². The summed E-state index contributed by atoms with van der Waals surface area (Å²) in [7, 11) is 0. The summed E-state index contributed by atoms with van der Waals surface area (Å²) in [5.74, 6) is -0.242. The summed E-state index contributed by atoms with van der Waals surface area (Å²) < 4.78 is 17.6. The van der Waals surface area contributed by atoms with Crippen LogP contribution in [0.4, 0.5) is 0 Å². The summed E-state index contributed by atoms with van der Waals surface area (Å²) >= 11 is -1.62. The Kier molecular flexibility index (Phi) is 3.13. The lowest BCUT2D eigenvalue weighted by Crippen LogP contribution is -2.38. The minimum Gasteiger partial charge on any atom is -0.274 e. The molecule has 0 radical (unpaired) electrons. The van der Waals surface area contributed by atoms with Gasteiger partial charge in [-0.15, -0.1) is 0 Å². The Morgan fingerprint density at radius 1 is 1.33 bits per heavy atom. The van der Waals surface area contributed by atoms with Crippen molar-refractivity contribution in [2.75, 3.05) is 13.2 Å². The maximum absolute atomic E-state index is 11.9. The molecule has 1 amide bonds. The molecule has 1 heterocycles. The highest BCUT2D eigenvalue weighted by Gasteiger charge is 2.25. The molecular weight excluding hydrogens is 214 g/mol. The van der Waals surface area contributed by atoms with Gasteiger partial charge in [-0.3, -0.25) is 8.98 Å². The van der Waals surface area contributed by atoms with Gasteiger partial charge in [0.15, 0.2) is 0 Å². The van der Waals surface area contributed by atoms with E-state index in [1.807, 2.05) is 6.07 Å². The number of rotatable bonds is 1. The second kappa shape index (κ2) is 4.55. The zero-order chi connectivity index (χ0) is 10.7. The van der Waals surface area contributed by atoms with E-state index >= 15 is 0 Å². The predicted molar refractivity (Wildman–Crippen MR) is 56.2 cm³/mol. The Labute approximate surface area is 90.6 Å². The van der Waals surface area contributed by atoms with Crippen LogP contribution in [-0.2, 0) is 15.4 Å². The Morgan fingerprint density at radius 2 is 2.07 bits per heavy atom. The molecule has 1 aliphatic rings. The van der Waals surface area contributed by atoms with Crippen LogP contribution in [0.2, 0.25) is 0 Å². The monoisotopic (exact) mass is 225 g/mol. The molecule has 1 aliphatic heterocycles. The third kappa shape index (κ3) is 2.24. The standard InChI is InChI=1S/C10H11NO3S/c12-10(9-5-2-1-3-6-9)11-7-4-8-14-15(11)13/h1-3,5-6H,4,7-8H2. The molecule has 2 rings (SSSR count). The van der Waals surface area contributed by atoms with Crippen molar-refractivity contribution < 1.29 is 13.2 Å². The third-order valence-corrected chi connectivity index (χ3v) is 3.19. The quantitative estimate of drug-likeness (QED) is 0.719. The molecule has 1 saturated heterocycles. The minimum atomic E-state index is -1.62. The van der Waals surface area contributed by atoms with Crippen molar-refractivity contribution in [2.45, 2.75) is 6.42 Å². The molecule has 1 unspecified atom stereocenters. The Hall–Kier alpha value is -1.20. The smallest absolute Gasteiger partial charge is 0.267 e. The van der Waals surface area contributed by atoms with Gasteiger partial charge in [-0.2, -0.15) is 0 Å². The van der Waals surface area contributed by atoms with Crippen molar-refractivity contribution in [3.8, 4) is 0 Å². The SMILES string of the molecule is O=C(c1ccccc1)N1CCCOS1=O. The van der Waals surface area contributed by atoms with Gasteiger partial charge < -0.3 is 0 Å². The van der Waals surface area contributed by atoms with Crippen LogP contribution in [0, 0.1) is 0 Å². The molecule has 80 valence electrons. The van der Waals surface area contributed by atoms with E-state index in [1.165, 1.54) is 4.31 Å². The molecule has 1 aromatic carbocycles. The molecule has 4 nitrogen and oxygen atoms in total. The first kappa shape index (κ1) is 10.3. The molecule has 0 N–H and O–H groups in total. The first-order chi connectivity index (χ1) is 7.29. The van der Waals surface area contributed by atoms with E-state index in [4.69, 9.17) is 4.18 Å². The van der Waals surface area contributed by atoms with E-state index in [-0.39, 0.29) is 5.91 Å². The lowest BCUT2D eigenvalue weighted by molar-refractivity contribution is 0.0829. The summed E-state index contributed by atoms with van der Waals surface area (Å²) in [6.45, 7) is 0.936. The normalized spacial score (nSPS) is 21.3. The number of carbonyl (C=O) groups excluding carboxylic acids is 1. The fourth-order valence-corrected chi connectivity index (χ4v) is 2.28. The largest absolute Gasteiger partial charge is 0.274 e. The van der Waals surface area contributed by atoms with Gasteiger partial charge in [-0.05, 0) is 18.6 Å². The van der Waals surface area contributed by atoms with Crippen LogP contribution in [0.5, 0.6) is 0 Å². The van der Waals surface area contributed by atoms with Gasteiger partial charge in [0.05, 0.1) is 6.61 Å². The number of amides is 1. The number of carbonyl (C=O) groups is 1. The number of hydrogen-bond acceptors (Lipinski definition) is 3. The third-order valence-electron chi connectivity index (χ3n) is 2.12. The van der Waals surface area contributed by atoms with Crippen molar-refractivity contribution in [2.24, 2.45) is 0 Å². The van der Waals surface area contributed by atoms with Crippen LogP contribution in [0.25, 0.3) is 0 Å². The highest BCUT2D eigenvalue weighted by molar-refractivity contribution is 7.78. The first-order valence-electron chi connectivity index (χ1n) is 4.71. The van der Waals surface area contributed by atoms with E-state index in [1.54, 1.807) is 24.3 Å². The highest BCUT2D eigenvalue weighted by Crippen LogP contribution is 2.12. The molecule has 1 aromatic rings. The number of benzene rings is 1. The van der Waals surface area contributed by atoms with Crippen molar-refractivity contribution >= 4 is 17.2 Å². The molecular formula is C10H11NO3S. The molecule has 0 spiro atoms. The van der Waals surface area contributed by atoms with E-state index in [9.17, 15) is 9.00 Å². The van der Waals surface area contributed by atoms with Gasteiger partial charge in [0.2, 0.25) is 0 Å². The Morgan fingerprint density at radius 3 is 2.73 bits per heavy atom. The highest BCUT2D eigenvalue weighted by atomic mass is 32.2. The van der Waals surface area contributed by atoms with Gasteiger partial charge >= 0.3 is 0 Å². The van der Waals surface area contributed by atoms with E-state index < -0.39 is 11.3 Å². The van der Waals surface area contributed by atoms with Gasteiger partial charge in [-0.25, -0.2) is 8.51 Å². The van der Waals surface area contributed by atoms with Crippen LogP contribution in [0.15, 0.2) is 30.3 Å². The second-order valence-corrected chi connectivity index (χ2v) is 4.28. The zero-order valence-electron chi connectivity index (χ0n) is 8.09.